The lowest BCUT2D eigenvalue weighted by molar-refractivity contribution is -0.206. The molecule has 0 saturated carbocycles. The van der Waals surface area contributed by atoms with Crippen molar-refractivity contribution < 1.29 is 22.5 Å². The average Bonchev–Trinajstić information content (AvgIpc) is 2.15. The van der Waals surface area contributed by atoms with Crippen LogP contribution in [0.2, 0.25) is 0 Å². The van der Waals surface area contributed by atoms with E-state index in [9.17, 15) is 17.4 Å². The molecule has 0 bridgehead atoms. The molecule has 1 rings (SSSR count). The van der Waals surface area contributed by atoms with Crippen LogP contribution in [0.25, 0.3) is 0 Å². The number of alkyl halides is 3. The van der Waals surface area contributed by atoms with Crippen LogP contribution < -0.4 is 0 Å². The van der Waals surface area contributed by atoms with E-state index >= 15 is 0 Å². The SMILES string of the molecule is CS(=O)c1ccc(C(O)C(F)(F)F)cn1. The molecule has 0 radical (unpaired) electrons. The Balaban J connectivity index is 2.94. The molecule has 0 aliphatic rings. The smallest absolute Gasteiger partial charge is 0.379 e. The zero-order valence-corrected chi connectivity index (χ0v) is 8.47. The molecule has 7 heteroatoms. The van der Waals surface area contributed by atoms with Gasteiger partial charge in [-0.25, -0.2) is 4.98 Å². The van der Waals surface area contributed by atoms with Crippen molar-refractivity contribution >= 4 is 10.8 Å². The third-order valence-corrected chi connectivity index (χ3v) is 2.51. The summed E-state index contributed by atoms with van der Waals surface area (Å²) in [6.07, 6.45) is -5.03. The van der Waals surface area contributed by atoms with E-state index in [0.29, 0.717) is 0 Å². The second-order valence-electron chi connectivity index (χ2n) is 2.83. The van der Waals surface area contributed by atoms with Gasteiger partial charge in [0.1, 0.15) is 5.03 Å². The predicted octanol–water partition coefficient (Wildman–Crippen LogP) is 1.41. The molecule has 0 aliphatic heterocycles. The van der Waals surface area contributed by atoms with Gasteiger partial charge in [0.25, 0.3) is 0 Å². The van der Waals surface area contributed by atoms with Crippen molar-refractivity contribution in [2.45, 2.75) is 17.3 Å². The fraction of sp³-hybridized carbons (Fsp3) is 0.375. The van der Waals surface area contributed by atoms with Gasteiger partial charge in [-0.15, -0.1) is 0 Å². The predicted molar refractivity (Wildman–Crippen MR) is 47.6 cm³/mol. The molecule has 1 N–H and O–H groups in total. The van der Waals surface area contributed by atoms with Crippen LogP contribution in [0.5, 0.6) is 0 Å². The first kappa shape index (κ1) is 12.1. The number of rotatable bonds is 2. The minimum absolute atomic E-state index is 0.174. The van der Waals surface area contributed by atoms with Crippen LogP contribution in [0.3, 0.4) is 0 Å². The number of aliphatic hydroxyl groups excluding tert-OH is 1. The normalized spacial score (nSPS) is 16.1. The van der Waals surface area contributed by atoms with Crippen LogP contribution in [0.15, 0.2) is 23.4 Å². The summed E-state index contributed by atoms with van der Waals surface area (Å²) in [5, 5.41) is 9.02. The van der Waals surface area contributed by atoms with Crippen LogP contribution >= 0.6 is 0 Å². The van der Waals surface area contributed by atoms with Crippen molar-refractivity contribution in [3.05, 3.63) is 23.9 Å². The Bertz CT molecular complexity index is 363. The molecule has 0 spiro atoms. The first-order valence-corrected chi connectivity index (χ1v) is 5.42. The first-order valence-electron chi connectivity index (χ1n) is 3.86. The molecule has 0 amide bonds. The minimum Gasteiger partial charge on any atom is -0.379 e. The van der Waals surface area contributed by atoms with Crippen molar-refractivity contribution in [3.8, 4) is 0 Å². The summed E-state index contributed by atoms with van der Waals surface area (Å²) in [4.78, 5) is 3.55. The zero-order chi connectivity index (χ0) is 11.6. The van der Waals surface area contributed by atoms with E-state index in [1.807, 2.05) is 0 Å². The highest BCUT2D eigenvalue weighted by Crippen LogP contribution is 2.31. The fourth-order valence-electron chi connectivity index (χ4n) is 0.913. The largest absolute Gasteiger partial charge is 0.418 e. The molecule has 2 atom stereocenters. The van der Waals surface area contributed by atoms with Gasteiger partial charge in [0, 0.05) is 18.0 Å². The highest BCUT2D eigenvalue weighted by molar-refractivity contribution is 7.84. The third-order valence-electron chi connectivity index (χ3n) is 1.68. The number of hydrogen-bond donors (Lipinski definition) is 1. The lowest BCUT2D eigenvalue weighted by Gasteiger charge is -2.14. The van der Waals surface area contributed by atoms with Gasteiger partial charge in [0.2, 0.25) is 0 Å². The van der Waals surface area contributed by atoms with Crippen LogP contribution in [-0.2, 0) is 10.8 Å². The fourth-order valence-corrected chi connectivity index (χ4v) is 1.37. The summed E-state index contributed by atoms with van der Waals surface area (Å²) in [5.74, 6) is 0. The molecule has 0 aliphatic carbocycles. The van der Waals surface area contributed by atoms with Gasteiger partial charge in [-0.3, -0.25) is 4.21 Å². The molecular weight excluding hydrogens is 231 g/mol. The Kier molecular flexibility index (Phi) is 3.46. The van der Waals surface area contributed by atoms with Gasteiger partial charge in [0.15, 0.2) is 6.10 Å². The average molecular weight is 239 g/mol. The zero-order valence-electron chi connectivity index (χ0n) is 7.65. The molecule has 1 aromatic rings. The number of nitrogens with zero attached hydrogens (tertiary/aromatic N) is 1. The molecule has 1 aromatic heterocycles. The van der Waals surface area contributed by atoms with Crippen LogP contribution in [0, 0.1) is 0 Å². The Hall–Kier alpha value is -0.950. The molecular formula is C8H8F3NO2S. The monoisotopic (exact) mass is 239 g/mol. The summed E-state index contributed by atoms with van der Waals surface area (Å²) < 4.78 is 47.1. The molecule has 0 fully saturated rings. The van der Waals surface area contributed by atoms with E-state index in [1.54, 1.807) is 0 Å². The van der Waals surface area contributed by atoms with Gasteiger partial charge >= 0.3 is 6.18 Å². The first-order chi connectivity index (χ1) is 6.82. The van der Waals surface area contributed by atoms with Gasteiger partial charge in [-0.1, -0.05) is 6.07 Å². The van der Waals surface area contributed by atoms with E-state index in [0.717, 1.165) is 12.3 Å². The highest BCUT2D eigenvalue weighted by Gasteiger charge is 2.39. The van der Waals surface area contributed by atoms with Gasteiger partial charge in [0.05, 0.1) is 10.8 Å². The quantitative estimate of drug-likeness (QED) is 0.849. The molecule has 84 valence electrons. The van der Waals surface area contributed by atoms with E-state index in [-0.39, 0.29) is 10.6 Å². The van der Waals surface area contributed by atoms with Crippen LogP contribution in [0.4, 0.5) is 13.2 Å². The molecule has 3 nitrogen and oxygen atoms in total. The summed E-state index contributed by atoms with van der Waals surface area (Å²) in [7, 11) is -1.35. The maximum atomic E-state index is 12.1. The standard InChI is InChI=1S/C8H8F3NO2S/c1-15(14)6-3-2-5(4-12-6)7(13)8(9,10)11/h2-4,7,13H,1H3. The van der Waals surface area contributed by atoms with E-state index in [2.05, 4.69) is 4.98 Å². The van der Waals surface area contributed by atoms with E-state index < -0.39 is 23.1 Å². The Morgan fingerprint density at radius 3 is 2.40 bits per heavy atom. The molecule has 15 heavy (non-hydrogen) atoms. The Labute approximate surface area is 86.4 Å². The van der Waals surface area contributed by atoms with Gasteiger partial charge in [-0.2, -0.15) is 13.2 Å². The van der Waals surface area contributed by atoms with Crippen LogP contribution in [0.1, 0.15) is 11.7 Å². The molecule has 0 saturated heterocycles. The summed E-state index contributed by atoms with van der Waals surface area (Å²) in [6, 6.07) is 2.25. The van der Waals surface area contributed by atoms with E-state index in [4.69, 9.17) is 5.11 Å². The van der Waals surface area contributed by atoms with Crippen LogP contribution in [-0.4, -0.2) is 26.7 Å². The number of hydrogen-bond acceptors (Lipinski definition) is 3. The highest BCUT2D eigenvalue weighted by atomic mass is 32.2. The Morgan fingerprint density at radius 1 is 1.47 bits per heavy atom. The van der Waals surface area contributed by atoms with Crippen molar-refractivity contribution in [1.29, 1.82) is 0 Å². The van der Waals surface area contributed by atoms with E-state index in [1.165, 1.54) is 12.3 Å². The number of pyridine rings is 1. The maximum absolute atomic E-state index is 12.1. The molecule has 2 unspecified atom stereocenters. The third kappa shape index (κ3) is 3.00. The maximum Gasteiger partial charge on any atom is 0.418 e. The molecule has 0 aromatic carbocycles. The molecule has 1 heterocycles. The second kappa shape index (κ2) is 4.28. The summed E-state index contributed by atoms with van der Waals surface area (Å²) in [6.45, 7) is 0. The van der Waals surface area contributed by atoms with Crippen molar-refractivity contribution in [1.82, 2.24) is 4.98 Å². The number of aliphatic hydroxyl groups is 1. The van der Waals surface area contributed by atoms with Crippen molar-refractivity contribution in [3.63, 3.8) is 0 Å². The lowest BCUT2D eigenvalue weighted by atomic mass is 10.1. The Morgan fingerprint density at radius 2 is 2.07 bits per heavy atom. The minimum atomic E-state index is -4.71. The lowest BCUT2D eigenvalue weighted by Crippen LogP contribution is -2.20. The van der Waals surface area contributed by atoms with Crippen molar-refractivity contribution in [2.24, 2.45) is 0 Å². The summed E-state index contributed by atoms with van der Waals surface area (Å²) >= 11 is 0. The van der Waals surface area contributed by atoms with Gasteiger partial charge < -0.3 is 5.11 Å². The van der Waals surface area contributed by atoms with Crippen molar-refractivity contribution in [2.75, 3.05) is 6.26 Å². The number of halogens is 3. The van der Waals surface area contributed by atoms with Gasteiger partial charge in [-0.05, 0) is 6.07 Å². The summed E-state index contributed by atoms with van der Waals surface area (Å²) in [5.41, 5.74) is -0.364. The number of aromatic nitrogens is 1. The topological polar surface area (TPSA) is 50.2 Å². The second-order valence-corrected chi connectivity index (χ2v) is 4.15.